The maximum Gasteiger partial charge on any atom is 0.0458 e. The third kappa shape index (κ3) is 3.03. The van der Waals surface area contributed by atoms with Crippen LogP contribution in [-0.4, -0.2) is 0 Å². The highest BCUT2D eigenvalue weighted by Crippen LogP contribution is 2.31. The van der Waals surface area contributed by atoms with Gasteiger partial charge in [0.25, 0.3) is 0 Å². The van der Waals surface area contributed by atoms with Gasteiger partial charge in [0.1, 0.15) is 0 Å². The largest absolute Gasteiger partial charge is 0.398 e. The van der Waals surface area contributed by atoms with E-state index in [4.69, 9.17) is 5.73 Å². The smallest absolute Gasteiger partial charge is 0.0458 e. The Balaban J connectivity index is 2.49. The van der Waals surface area contributed by atoms with E-state index in [1.165, 1.54) is 17.7 Å². The summed E-state index contributed by atoms with van der Waals surface area (Å²) in [6.45, 7) is 6.81. The van der Waals surface area contributed by atoms with E-state index in [9.17, 15) is 0 Å². The predicted octanol–water partition coefficient (Wildman–Crippen LogP) is 3.87. The van der Waals surface area contributed by atoms with Crippen molar-refractivity contribution in [3.05, 3.63) is 16.3 Å². The summed E-state index contributed by atoms with van der Waals surface area (Å²) >= 11 is 1.78. The van der Waals surface area contributed by atoms with Crippen LogP contribution < -0.4 is 5.73 Å². The Morgan fingerprint density at radius 1 is 1.31 bits per heavy atom. The van der Waals surface area contributed by atoms with Crippen LogP contribution in [0.2, 0.25) is 0 Å². The van der Waals surface area contributed by atoms with Gasteiger partial charge in [-0.05, 0) is 29.7 Å². The first-order valence-corrected chi connectivity index (χ1v) is 5.82. The van der Waals surface area contributed by atoms with Gasteiger partial charge in [-0.3, -0.25) is 0 Å². The molecule has 0 aliphatic heterocycles. The van der Waals surface area contributed by atoms with Crippen molar-refractivity contribution >= 4 is 17.0 Å². The van der Waals surface area contributed by atoms with Gasteiger partial charge in [-0.15, -0.1) is 11.3 Å². The lowest BCUT2D eigenvalue weighted by atomic mass is 9.98. The van der Waals surface area contributed by atoms with E-state index in [0.717, 1.165) is 11.6 Å². The summed E-state index contributed by atoms with van der Waals surface area (Å²) in [5.41, 5.74) is 6.83. The molecule has 0 aromatic carbocycles. The molecule has 1 atom stereocenters. The van der Waals surface area contributed by atoms with Gasteiger partial charge in [-0.25, -0.2) is 0 Å². The summed E-state index contributed by atoms with van der Waals surface area (Å²) in [5, 5.41) is 2.08. The van der Waals surface area contributed by atoms with E-state index in [2.05, 4.69) is 26.2 Å². The molecule has 0 unspecified atom stereocenters. The molecule has 74 valence electrons. The fourth-order valence-corrected chi connectivity index (χ4v) is 2.36. The number of hydrogen-bond acceptors (Lipinski definition) is 2. The van der Waals surface area contributed by atoms with Crippen molar-refractivity contribution in [2.45, 2.75) is 39.5 Å². The zero-order valence-electron chi connectivity index (χ0n) is 8.71. The minimum absolute atomic E-state index is 0.627. The zero-order valence-corrected chi connectivity index (χ0v) is 9.53. The molecule has 0 saturated carbocycles. The zero-order chi connectivity index (χ0) is 9.84. The molecule has 1 heterocycles. The molecule has 1 aromatic heterocycles. The van der Waals surface area contributed by atoms with Gasteiger partial charge >= 0.3 is 0 Å². The molecule has 2 heteroatoms. The molecule has 0 bridgehead atoms. The Bertz CT molecular complexity index is 252. The van der Waals surface area contributed by atoms with Crippen molar-refractivity contribution in [1.82, 2.24) is 0 Å². The highest BCUT2D eigenvalue weighted by Gasteiger charge is 2.10. The van der Waals surface area contributed by atoms with Crippen molar-refractivity contribution in [1.29, 1.82) is 0 Å². The minimum atomic E-state index is 0.627. The van der Waals surface area contributed by atoms with Gasteiger partial charge < -0.3 is 5.73 Å². The van der Waals surface area contributed by atoms with E-state index < -0.39 is 0 Å². The Morgan fingerprint density at radius 2 is 2.00 bits per heavy atom. The fraction of sp³-hybridized carbons (Fsp3) is 0.636. The van der Waals surface area contributed by atoms with E-state index in [1.807, 2.05) is 6.07 Å². The van der Waals surface area contributed by atoms with Gasteiger partial charge in [0, 0.05) is 10.6 Å². The minimum Gasteiger partial charge on any atom is -0.398 e. The lowest BCUT2D eigenvalue weighted by Gasteiger charge is -2.11. The predicted molar refractivity (Wildman–Crippen MR) is 61.2 cm³/mol. The summed E-state index contributed by atoms with van der Waals surface area (Å²) in [4.78, 5) is 1.36. The summed E-state index contributed by atoms with van der Waals surface area (Å²) < 4.78 is 0. The van der Waals surface area contributed by atoms with E-state index in [1.54, 1.807) is 11.3 Å². The molecule has 13 heavy (non-hydrogen) atoms. The van der Waals surface area contributed by atoms with Gasteiger partial charge in [0.05, 0.1) is 0 Å². The number of nitrogens with two attached hydrogens (primary N) is 1. The van der Waals surface area contributed by atoms with E-state index in [-0.39, 0.29) is 0 Å². The molecule has 0 saturated heterocycles. The number of anilines is 1. The maximum atomic E-state index is 5.86. The summed E-state index contributed by atoms with van der Waals surface area (Å²) in [5.74, 6) is 1.42. The Morgan fingerprint density at radius 3 is 2.46 bits per heavy atom. The highest BCUT2D eigenvalue weighted by atomic mass is 32.1. The van der Waals surface area contributed by atoms with Crippen molar-refractivity contribution in [3.63, 3.8) is 0 Å². The number of thiophene rings is 1. The molecule has 1 aromatic rings. The first-order valence-electron chi connectivity index (χ1n) is 4.94. The van der Waals surface area contributed by atoms with Gasteiger partial charge in [0.2, 0.25) is 0 Å². The summed E-state index contributed by atoms with van der Waals surface area (Å²) in [6, 6.07) is 2.01. The van der Waals surface area contributed by atoms with Crippen molar-refractivity contribution < 1.29 is 0 Å². The van der Waals surface area contributed by atoms with Crippen LogP contribution in [0.3, 0.4) is 0 Å². The van der Waals surface area contributed by atoms with E-state index >= 15 is 0 Å². The Hall–Kier alpha value is -0.500. The molecule has 0 aliphatic rings. The van der Waals surface area contributed by atoms with Crippen LogP contribution >= 0.6 is 11.3 Å². The molecular formula is C11H19NS. The van der Waals surface area contributed by atoms with E-state index in [0.29, 0.717) is 5.92 Å². The SMILES string of the molecule is CC(C)CC[C@H](C)c1sccc1N. The van der Waals surface area contributed by atoms with Crippen LogP contribution in [0, 0.1) is 5.92 Å². The number of rotatable bonds is 4. The van der Waals surface area contributed by atoms with Crippen molar-refractivity contribution in [3.8, 4) is 0 Å². The van der Waals surface area contributed by atoms with Crippen LogP contribution in [0.15, 0.2) is 11.4 Å². The molecule has 0 amide bonds. The molecule has 0 fully saturated rings. The monoisotopic (exact) mass is 197 g/mol. The molecular weight excluding hydrogens is 178 g/mol. The molecule has 0 radical (unpaired) electrons. The fourth-order valence-electron chi connectivity index (χ4n) is 1.45. The third-order valence-corrected chi connectivity index (χ3v) is 3.52. The number of nitrogen functional groups attached to an aromatic ring is 1. The van der Waals surface area contributed by atoms with Crippen molar-refractivity contribution in [2.24, 2.45) is 5.92 Å². The van der Waals surface area contributed by atoms with Gasteiger partial charge in [-0.1, -0.05) is 27.2 Å². The molecule has 0 spiro atoms. The van der Waals surface area contributed by atoms with Crippen LogP contribution in [0.1, 0.15) is 44.4 Å². The Labute approximate surface area is 85.0 Å². The van der Waals surface area contributed by atoms with Crippen LogP contribution in [0.25, 0.3) is 0 Å². The first-order chi connectivity index (χ1) is 6.11. The molecule has 2 N–H and O–H groups in total. The molecule has 1 rings (SSSR count). The lowest BCUT2D eigenvalue weighted by Crippen LogP contribution is -1.97. The average molecular weight is 197 g/mol. The van der Waals surface area contributed by atoms with Crippen LogP contribution in [-0.2, 0) is 0 Å². The molecule has 0 aliphatic carbocycles. The maximum absolute atomic E-state index is 5.86. The molecule has 1 nitrogen and oxygen atoms in total. The third-order valence-electron chi connectivity index (χ3n) is 2.35. The second kappa shape index (κ2) is 4.66. The van der Waals surface area contributed by atoms with Crippen LogP contribution in [0.5, 0.6) is 0 Å². The van der Waals surface area contributed by atoms with Gasteiger partial charge in [0.15, 0.2) is 0 Å². The normalized spacial score (nSPS) is 13.5. The van der Waals surface area contributed by atoms with Crippen molar-refractivity contribution in [2.75, 3.05) is 5.73 Å². The Kier molecular flexibility index (Phi) is 3.79. The topological polar surface area (TPSA) is 26.0 Å². The number of hydrogen-bond donors (Lipinski definition) is 1. The standard InChI is InChI=1S/C11H19NS/c1-8(2)4-5-9(3)11-10(12)6-7-13-11/h6-9H,4-5,12H2,1-3H3/t9-/m0/s1. The quantitative estimate of drug-likeness (QED) is 0.779. The average Bonchev–Trinajstić information content (AvgIpc) is 2.47. The second-order valence-electron chi connectivity index (χ2n) is 4.11. The summed E-state index contributed by atoms with van der Waals surface area (Å²) in [6.07, 6.45) is 2.54. The second-order valence-corrected chi connectivity index (χ2v) is 5.06. The highest BCUT2D eigenvalue weighted by molar-refractivity contribution is 7.10. The van der Waals surface area contributed by atoms with Gasteiger partial charge in [-0.2, -0.15) is 0 Å². The first kappa shape index (κ1) is 10.6. The lowest BCUT2D eigenvalue weighted by molar-refractivity contribution is 0.520. The summed E-state index contributed by atoms with van der Waals surface area (Å²) in [7, 11) is 0. The van der Waals surface area contributed by atoms with Crippen LogP contribution in [0.4, 0.5) is 5.69 Å².